The Hall–Kier alpha value is -2.07. The van der Waals surface area contributed by atoms with Gasteiger partial charge in [-0.1, -0.05) is 30.3 Å². The van der Waals surface area contributed by atoms with Crippen molar-refractivity contribution in [2.45, 2.75) is 0 Å². The summed E-state index contributed by atoms with van der Waals surface area (Å²) in [6.45, 7) is 1.26. The zero-order valence-corrected chi connectivity index (χ0v) is 10.3. The molecule has 0 aliphatic carbocycles. The quantitative estimate of drug-likeness (QED) is 0.810. The molecule has 94 valence electrons. The number of fused-ring (bicyclic) bond motifs is 1. The number of carbonyl (C=O) groups excluding carboxylic acids is 1. The standard InChI is InChI=1S/C14H16N2O2/c1-15-8-9-16-14(17)18-13-7-6-11-4-2-3-5-12(11)10-13/h2-7,10,15H,8-9H2,1H3,(H,16,17). The lowest BCUT2D eigenvalue weighted by Crippen LogP contribution is -2.32. The molecule has 4 heteroatoms. The maximum atomic E-state index is 11.5. The Morgan fingerprint density at radius 2 is 1.89 bits per heavy atom. The first-order valence-corrected chi connectivity index (χ1v) is 5.88. The highest BCUT2D eigenvalue weighted by Gasteiger charge is 2.03. The van der Waals surface area contributed by atoms with E-state index in [0.717, 1.165) is 10.8 Å². The third-order valence-corrected chi connectivity index (χ3v) is 2.58. The van der Waals surface area contributed by atoms with Crippen molar-refractivity contribution in [3.05, 3.63) is 42.5 Å². The van der Waals surface area contributed by atoms with E-state index in [-0.39, 0.29) is 0 Å². The summed E-state index contributed by atoms with van der Waals surface area (Å²) in [5.74, 6) is 0.552. The SMILES string of the molecule is CNCCNC(=O)Oc1ccc2ccccc2c1. The number of likely N-dealkylation sites (N-methyl/N-ethyl adjacent to an activating group) is 1. The molecule has 2 rings (SSSR count). The lowest BCUT2D eigenvalue weighted by Gasteiger charge is -2.07. The topological polar surface area (TPSA) is 50.4 Å². The van der Waals surface area contributed by atoms with Gasteiger partial charge < -0.3 is 15.4 Å². The molecule has 0 heterocycles. The first-order valence-electron chi connectivity index (χ1n) is 5.88. The third-order valence-electron chi connectivity index (χ3n) is 2.58. The van der Waals surface area contributed by atoms with Crippen LogP contribution in [0, 0.1) is 0 Å². The smallest absolute Gasteiger partial charge is 0.410 e. The van der Waals surface area contributed by atoms with Crippen molar-refractivity contribution in [3.8, 4) is 5.75 Å². The van der Waals surface area contributed by atoms with Crippen molar-refractivity contribution in [2.75, 3.05) is 20.1 Å². The van der Waals surface area contributed by atoms with Gasteiger partial charge in [0.1, 0.15) is 5.75 Å². The number of benzene rings is 2. The van der Waals surface area contributed by atoms with Gasteiger partial charge in [0.25, 0.3) is 0 Å². The summed E-state index contributed by atoms with van der Waals surface area (Å²) in [7, 11) is 1.83. The minimum Gasteiger partial charge on any atom is -0.410 e. The van der Waals surface area contributed by atoms with Gasteiger partial charge in [0, 0.05) is 13.1 Å². The monoisotopic (exact) mass is 244 g/mol. The zero-order valence-electron chi connectivity index (χ0n) is 10.3. The van der Waals surface area contributed by atoms with Crippen LogP contribution in [0.1, 0.15) is 0 Å². The molecule has 0 spiro atoms. The molecule has 0 saturated carbocycles. The van der Waals surface area contributed by atoms with Gasteiger partial charge in [-0.05, 0) is 30.0 Å². The van der Waals surface area contributed by atoms with Crippen LogP contribution >= 0.6 is 0 Å². The van der Waals surface area contributed by atoms with Gasteiger partial charge in [-0.2, -0.15) is 0 Å². The number of ether oxygens (including phenoxy) is 1. The fourth-order valence-electron chi connectivity index (χ4n) is 1.66. The predicted octanol–water partition coefficient (Wildman–Crippen LogP) is 2.15. The van der Waals surface area contributed by atoms with Crippen molar-refractivity contribution < 1.29 is 9.53 Å². The Kier molecular flexibility index (Phi) is 4.15. The van der Waals surface area contributed by atoms with Gasteiger partial charge in [0.15, 0.2) is 0 Å². The molecule has 2 aromatic carbocycles. The first-order chi connectivity index (χ1) is 8.79. The Morgan fingerprint density at radius 1 is 1.11 bits per heavy atom. The summed E-state index contributed by atoms with van der Waals surface area (Å²) in [6, 6.07) is 13.5. The van der Waals surface area contributed by atoms with E-state index in [1.165, 1.54) is 0 Å². The van der Waals surface area contributed by atoms with Crippen LogP contribution < -0.4 is 15.4 Å². The molecule has 0 aliphatic rings. The number of nitrogens with one attached hydrogen (secondary N) is 2. The normalized spacial score (nSPS) is 10.3. The predicted molar refractivity (Wildman–Crippen MR) is 71.9 cm³/mol. The number of rotatable bonds is 4. The summed E-state index contributed by atoms with van der Waals surface area (Å²) in [5, 5.41) is 7.78. The van der Waals surface area contributed by atoms with Crippen LogP contribution in [-0.2, 0) is 0 Å². The summed E-state index contributed by atoms with van der Waals surface area (Å²) >= 11 is 0. The molecule has 0 atom stereocenters. The van der Waals surface area contributed by atoms with Crippen LogP contribution in [-0.4, -0.2) is 26.2 Å². The van der Waals surface area contributed by atoms with Gasteiger partial charge in [-0.3, -0.25) is 0 Å². The molecule has 0 saturated heterocycles. The Labute approximate surface area is 106 Å². The van der Waals surface area contributed by atoms with Crippen LogP contribution in [0.4, 0.5) is 4.79 Å². The van der Waals surface area contributed by atoms with Crippen molar-refractivity contribution in [3.63, 3.8) is 0 Å². The second-order valence-corrected chi connectivity index (χ2v) is 3.93. The van der Waals surface area contributed by atoms with Gasteiger partial charge in [-0.15, -0.1) is 0 Å². The van der Waals surface area contributed by atoms with Crippen LogP contribution in [0.3, 0.4) is 0 Å². The number of amides is 1. The van der Waals surface area contributed by atoms with Crippen molar-refractivity contribution in [1.29, 1.82) is 0 Å². The molecule has 0 unspecified atom stereocenters. The van der Waals surface area contributed by atoms with Gasteiger partial charge >= 0.3 is 6.09 Å². The minimum absolute atomic E-state index is 0.430. The van der Waals surface area contributed by atoms with E-state index in [2.05, 4.69) is 10.6 Å². The first kappa shape index (κ1) is 12.4. The molecule has 0 aliphatic heterocycles. The molecule has 0 bridgehead atoms. The summed E-state index contributed by atoms with van der Waals surface area (Å²) in [5.41, 5.74) is 0. The Bertz CT molecular complexity index is 540. The van der Waals surface area contributed by atoms with Gasteiger partial charge in [0.2, 0.25) is 0 Å². The zero-order chi connectivity index (χ0) is 12.8. The average Bonchev–Trinajstić information content (AvgIpc) is 2.39. The highest BCUT2D eigenvalue weighted by atomic mass is 16.6. The molecule has 4 nitrogen and oxygen atoms in total. The van der Waals surface area contributed by atoms with Crippen molar-refractivity contribution >= 4 is 16.9 Å². The molecule has 0 radical (unpaired) electrons. The minimum atomic E-state index is -0.430. The van der Waals surface area contributed by atoms with Gasteiger partial charge in [0.05, 0.1) is 0 Å². The summed E-state index contributed by atoms with van der Waals surface area (Å²) in [6.07, 6.45) is -0.430. The molecule has 18 heavy (non-hydrogen) atoms. The molecule has 0 aromatic heterocycles. The fourth-order valence-corrected chi connectivity index (χ4v) is 1.66. The Balaban J connectivity index is 2.01. The lowest BCUT2D eigenvalue weighted by atomic mass is 10.1. The molecule has 1 amide bonds. The highest BCUT2D eigenvalue weighted by Crippen LogP contribution is 2.20. The van der Waals surface area contributed by atoms with Gasteiger partial charge in [-0.25, -0.2) is 4.79 Å². The summed E-state index contributed by atoms with van der Waals surface area (Å²) in [4.78, 5) is 11.5. The largest absolute Gasteiger partial charge is 0.412 e. The second kappa shape index (κ2) is 6.02. The fraction of sp³-hybridized carbons (Fsp3) is 0.214. The molecule has 0 fully saturated rings. The van der Waals surface area contributed by atoms with E-state index in [1.807, 2.05) is 43.4 Å². The van der Waals surface area contributed by atoms with Crippen molar-refractivity contribution in [2.24, 2.45) is 0 Å². The molecular formula is C14H16N2O2. The second-order valence-electron chi connectivity index (χ2n) is 3.93. The van der Waals surface area contributed by atoms with E-state index < -0.39 is 6.09 Å². The van der Waals surface area contributed by atoms with Crippen LogP contribution in [0.15, 0.2) is 42.5 Å². The van der Waals surface area contributed by atoms with Crippen molar-refractivity contribution in [1.82, 2.24) is 10.6 Å². The highest BCUT2D eigenvalue weighted by molar-refractivity contribution is 5.84. The van der Waals surface area contributed by atoms with E-state index >= 15 is 0 Å². The maximum Gasteiger partial charge on any atom is 0.412 e. The van der Waals surface area contributed by atoms with E-state index in [9.17, 15) is 4.79 Å². The lowest BCUT2D eigenvalue weighted by molar-refractivity contribution is 0.200. The Morgan fingerprint density at radius 3 is 2.67 bits per heavy atom. The van der Waals surface area contributed by atoms with Crippen LogP contribution in [0.25, 0.3) is 10.8 Å². The van der Waals surface area contributed by atoms with Crippen LogP contribution in [0.5, 0.6) is 5.75 Å². The number of hydrogen-bond acceptors (Lipinski definition) is 3. The molecule has 2 aromatic rings. The van der Waals surface area contributed by atoms with E-state index in [4.69, 9.17) is 4.74 Å². The van der Waals surface area contributed by atoms with E-state index in [0.29, 0.717) is 18.8 Å². The number of carbonyl (C=O) groups is 1. The number of hydrogen-bond donors (Lipinski definition) is 2. The molecular weight excluding hydrogens is 228 g/mol. The average molecular weight is 244 g/mol. The maximum absolute atomic E-state index is 11.5. The summed E-state index contributed by atoms with van der Waals surface area (Å²) < 4.78 is 5.19. The third kappa shape index (κ3) is 3.21. The van der Waals surface area contributed by atoms with Crippen LogP contribution in [0.2, 0.25) is 0 Å². The molecule has 2 N–H and O–H groups in total. The van der Waals surface area contributed by atoms with E-state index in [1.54, 1.807) is 6.07 Å².